The van der Waals surface area contributed by atoms with Gasteiger partial charge in [0.1, 0.15) is 0 Å². The fourth-order valence-corrected chi connectivity index (χ4v) is 3.39. The maximum Gasteiger partial charge on any atom is 0.165 e. The van der Waals surface area contributed by atoms with Crippen molar-refractivity contribution < 1.29 is 9.13 Å². The van der Waals surface area contributed by atoms with Crippen LogP contribution >= 0.6 is 0 Å². The summed E-state index contributed by atoms with van der Waals surface area (Å²) in [7, 11) is 1.48. The van der Waals surface area contributed by atoms with Gasteiger partial charge in [-0.25, -0.2) is 4.39 Å². The molecule has 0 amide bonds. The zero-order chi connectivity index (χ0) is 15.5. The molecule has 1 aliphatic carbocycles. The topological polar surface area (TPSA) is 9.23 Å². The van der Waals surface area contributed by atoms with Gasteiger partial charge in [-0.3, -0.25) is 0 Å². The standard InChI is InChI=1S/C20H23FO/c1-14-3-5-15(6-4-14)16-7-9-17(10-8-16)18-11-12-20(22-2)19(21)13-18/h7-15H,3-6H2,1-2H3. The molecule has 0 aliphatic heterocycles. The second-order valence-corrected chi connectivity index (χ2v) is 6.43. The molecular weight excluding hydrogens is 275 g/mol. The van der Waals surface area contributed by atoms with Crippen molar-refractivity contribution in [3.05, 3.63) is 53.8 Å². The van der Waals surface area contributed by atoms with Crippen LogP contribution in [0.4, 0.5) is 4.39 Å². The molecule has 22 heavy (non-hydrogen) atoms. The van der Waals surface area contributed by atoms with Crippen LogP contribution < -0.4 is 4.74 Å². The van der Waals surface area contributed by atoms with Gasteiger partial charge in [-0.15, -0.1) is 0 Å². The van der Waals surface area contributed by atoms with Crippen LogP contribution in [0.15, 0.2) is 42.5 Å². The monoisotopic (exact) mass is 298 g/mol. The zero-order valence-corrected chi connectivity index (χ0v) is 13.3. The van der Waals surface area contributed by atoms with Crippen LogP contribution in [0.25, 0.3) is 11.1 Å². The van der Waals surface area contributed by atoms with E-state index in [4.69, 9.17) is 4.74 Å². The van der Waals surface area contributed by atoms with E-state index in [0.29, 0.717) is 5.92 Å². The van der Waals surface area contributed by atoms with Crippen molar-refractivity contribution in [2.75, 3.05) is 7.11 Å². The summed E-state index contributed by atoms with van der Waals surface area (Å²) in [6, 6.07) is 13.7. The van der Waals surface area contributed by atoms with Crippen molar-refractivity contribution in [1.29, 1.82) is 0 Å². The number of ether oxygens (including phenoxy) is 1. The van der Waals surface area contributed by atoms with Crippen molar-refractivity contribution in [2.45, 2.75) is 38.5 Å². The van der Waals surface area contributed by atoms with Gasteiger partial charge in [0.2, 0.25) is 0 Å². The van der Waals surface area contributed by atoms with E-state index in [2.05, 4.69) is 31.2 Å². The second-order valence-electron chi connectivity index (χ2n) is 6.43. The van der Waals surface area contributed by atoms with Gasteiger partial charge in [-0.1, -0.05) is 50.1 Å². The number of halogens is 1. The van der Waals surface area contributed by atoms with Crippen LogP contribution in [0, 0.1) is 11.7 Å². The number of benzene rings is 2. The molecule has 1 aliphatic rings. The van der Waals surface area contributed by atoms with Crippen LogP contribution in [0.1, 0.15) is 44.1 Å². The van der Waals surface area contributed by atoms with Crippen LogP contribution in [-0.4, -0.2) is 7.11 Å². The Labute approximate surface area is 132 Å². The van der Waals surface area contributed by atoms with Crippen LogP contribution in [0.3, 0.4) is 0 Å². The van der Waals surface area contributed by atoms with Gasteiger partial charge >= 0.3 is 0 Å². The average Bonchev–Trinajstić information content (AvgIpc) is 2.56. The van der Waals surface area contributed by atoms with Crippen molar-refractivity contribution in [3.63, 3.8) is 0 Å². The lowest BCUT2D eigenvalue weighted by atomic mass is 9.79. The molecule has 3 rings (SSSR count). The van der Waals surface area contributed by atoms with Gasteiger partial charge in [0.15, 0.2) is 11.6 Å². The Balaban J connectivity index is 1.78. The molecule has 1 nitrogen and oxygen atoms in total. The smallest absolute Gasteiger partial charge is 0.165 e. The first-order chi connectivity index (χ1) is 10.7. The second kappa shape index (κ2) is 6.51. The third-order valence-corrected chi connectivity index (χ3v) is 4.88. The van der Waals surface area contributed by atoms with E-state index >= 15 is 0 Å². The minimum absolute atomic E-state index is 0.289. The molecule has 0 N–H and O–H groups in total. The molecule has 116 valence electrons. The van der Waals surface area contributed by atoms with E-state index in [-0.39, 0.29) is 11.6 Å². The molecule has 0 aromatic heterocycles. The normalized spacial score (nSPS) is 21.6. The highest BCUT2D eigenvalue weighted by molar-refractivity contribution is 5.64. The van der Waals surface area contributed by atoms with Gasteiger partial charge in [0.25, 0.3) is 0 Å². The van der Waals surface area contributed by atoms with Crippen molar-refractivity contribution in [2.24, 2.45) is 5.92 Å². The first kappa shape index (κ1) is 15.1. The molecule has 0 spiro atoms. The summed E-state index contributed by atoms with van der Waals surface area (Å²) >= 11 is 0. The molecule has 0 unspecified atom stereocenters. The zero-order valence-electron chi connectivity index (χ0n) is 13.3. The minimum Gasteiger partial charge on any atom is -0.494 e. The van der Waals surface area contributed by atoms with Crippen LogP contribution in [-0.2, 0) is 0 Å². The minimum atomic E-state index is -0.314. The molecule has 0 bridgehead atoms. The Morgan fingerprint density at radius 3 is 2.14 bits per heavy atom. The van der Waals surface area contributed by atoms with E-state index in [1.54, 1.807) is 6.07 Å². The maximum atomic E-state index is 13.8. The first-order valence-corrected chi connectivity index (χ1v) is 8.11. The average molecular weight is 298 g/mol. The summed E-state index contributed by atoms with van der Waals surface area (Å²) in [5.41, 5.74) is 3.36. The Kier molecular flexibility index (Phi) is 4.47. The molecule has 2 aromatic carbocycles. The summed E-state index contributed by atoms with van der Waals surface area (Å²) in [6.45, 7) is 2.34. The van der Waals surface area contributed by atoms with E-state index in [9.17, 15) is 4.39 Å². The lowest BCUT2D eigenvalue weighted by Crippen LogP contribution is -2.10. The fraction of sp³-hybridized carbons (Fsp3) is 0.400. The lowest BCUT2D eigenvalue weighted by Gasteiger charge is -2.26. The molecule has 2 aromatic rings. The molecule has 0 saturated heterocycles. The summed E-state index contributed by atoms with van der Waals surface area (Å²) in [4.78, 5) is 0. The highest BCUT2D eigenvalue weighted by Crippen LogP contribution is 2.36. The lowest BCUT2D eigenvalue weighted by molar-refractivity contribution is 0.348. The molecule has 0 radical (unpaired) electrons. The van der Waals surface area contributed by atoms with Crippen molar-refractivity contribution in [3.8, 4) is 16.9 Å². The Hall–Kier alpha value is -1.83. The third kappa shape index (κ3) is 3.16. The molecule has 2 heteroatoms. The largest absolute Gasteiger partial charge is 0.494 e. The van der Waals surface area contributed by atoms with Crippen molar-refractivity contribution in [1.82, 2.24) is 0 Å². The SMILES string of the molecule is COc1ccc(-c2ccc(C3CCC(C)CC3)cc2)cc1F. The Morgan fingerprint density at radius 2 is 1.55 bits per heavy atom. The molecule has 1 fully saturated rings. The quantitative estimate of drug-likeness (QED) is 0.696. The van der Waals surface area contributed by atoms with Crippen molar-refractivity contribution >= 4 is 0 Å². The van der Waals surface area contributed by atoms with Gasteiger partial charge in [-0.2, -0.15) is 0 Å². The Bertz CT molecular complexity index is 625. The molecule has 0 atom stereocenters. The number of methoxy groups -OCH3 is 1. The predicted molar refractivity (Wildman–Crippen MR) is 88.8 cm³/mol. The summed E-state index contributed by atoms with van der Waals surface area (Å²) in [6.07, 6.45) is 5.24. The van der Waals surface area contributed by atoms with Crippen LogP contribution in [0.2, 0.25) is 0 Å². The third-order valence-electron chi connectivity index (χ3n) is 4.88. The fourth-order valence-electron chi connectivity index (χ4n) is 3.39. The van der Waals surface area contributed by atoms with E-state index in [1.807, 2.05) is 6.07 Å². The molecule has 1 saturated carbocycles. The highest BCUT2D eigenvalue weighted by atomic mass is 19.1. The first-order valence-electron chi connectivity index (χ1n) is 8.11. The summed E-state index contributed by atoms with van der Waals surface area (Å²) < 4.78 is 18.8. The summed E-state index contributed by atoms with van der Waals surface area (Å²) in [5.74, 6) is 1.54. The number of hydrogen-bond donors (Lipinski definition) is 0. The number of rotatable bonds is 3. The predicted octanol–water partition coefficient (Wildman–Crippen LogP) is 5.80. The van der Waals surface area contributed by atoms with Gasteiger partial charge in [-0.05, 0) is 53.5 Å². The highest BCUT2D eigenvalue weighted by Gasteiger charge is 2.19. The summed E-state index contributed by atoms with van der Waals surface area (Å²) in [5, 5.41) is 0. The van der Waals surface area contributed by atoms with Gasteiger partial charge in [0, 0.05) is 0 Å². The van der Waals surface area contributed by atoms with E-state index in [0.717, 1.165) is 17.0 Å². The Morgan fingerprint density at radius 1 is 0.909 bits per heavy atom. The molecule has 0 heterocycles. The van der Waals surface area contributed by atoms with Gasteiger partial charge in [0.05, 0.1) is 7.11 Å². The molecular formula is C20H23FO. The van der Waals surface area contributed by atoms with Crippen LogP contribution in [0.5, 0.6) is 5.75 Å². The number of hydrogen-bond acceptors (Lipinski definition) is 1. The maximum absolute atomic E-state index is 13.8. The van der Waals surface area contributed by atoms with E-state index in [1.165, 1.54) is 44.4 Å². The van der Waals surface area contributed by atoms with E-state index < -0.39 is 0 Å². The van der Waals surface area contributed by atoms with Gasteiger partial charge < -0.3 is 4.74 Å².